The Bertz CT molecular complexity index is 718. The topological polar surface area (TPSA) is 63.9 Å². The summed E-state index contributed by atoms with van der Waals surface area (Å²) in [6, 6.07) is 17.7. The molecule has 4 heteroatoms. The second kappa shape index (κ2) is 7.39. The second-order valence-electron chi connectivity index (χ2n) is 7.87. The van der Waals surface area contributed by atoms with Gasteiger partial charge in [0.25, 0.3) is 0 Å². The fraction of sp³-hybridized carbons (Fsp3) is 0.455. The quantitative estimate of drug-likeness (QED) is 0.773. The van der Waals surface area contributed by atoms with Crippen molar-refractivity contribution in [1.29, 1.82) is 0 Å². The summed E-state index contributed by atoms with van der Waals surface area (Å²) in [4.78, 5) is 2.41. The van der Waals surface area contributed by atoms with Crippen LogP contribution in [0.25, 0.3) is 0 Å². The van der Waals surface area contributed by atoms with Crippen LogP contribution in [0, 0.1) is 11.8 Å². The van der Waals surface area contributed by atoms with E-state index in [-0.39, 0.29) is 11.9 Å². The van der Waals surface area contributed by atoms with Crippen LogP contribution in [0.3, 0.4) is 0 Å². The molecule has 1 aliphatic heterocycles. The van der Waals surface area contributed by atoms with Crippen LogP contribution in [0.5, 0.6) is 5.75 Å². The Morgan fingerprint density at radius 2 is 1.73 bits per heavy atom. The lowest BCUT2D eigenvalue weighted by atomic mass is 9.90. The molecule has 2 fully saturated rings. The smallest absolute Gasteiger partial charge is 0.115 e. The minimum atomic E-state index is -0.572. The van der Waals surface area contributed by atoms with Crippen molar-refractivity contribution < 1.29 is 15.3 Å². The number of fused-ring (bicyclic) bond motifs is 1. The van der Waals surface area contributed by atoms with Crippen LogP contribution in [-0.2, 0) is 6.42 Å². The fourth-order valence-electron chi connectivity index (χ4n) is 4.89. The summed E-state index contributed by atoms with van der Waals surface area (Å²) >= 11 is 0. The van der Waals surface area contributed by atoms with Crippen molar-refractivity contribution >= 4 is 0 Å². The van der Waals surface area contributed by atoms with Crippen LogP contribution in [0.1, 0.15) is 30.1 Å². The van der Waals surface area contributed by atoms with Gasteiger partial charge in [0.1, 0.15) is 5.75 Å². The van der Waals surface area contributed by atoms with Crippen molar-refractivity contribution in [3.05, 3.63) is 65.7 Å². The summed E-state index contributed by atoms with van der Waals surface area (Å²) in [7, 11) is 0. The van der Waals surface area contributed by atoms with Crippen molar-refractivity contribution in [2.24, 2.45) is 11.8 Å². The number of aliphatic hydroxyl groups is 2. The predicted octanol–water partition coefficient (Wildman–Crippen LogP) is 2.74. The van der Waals surface area contributed by atoms with Crippen LogP contribution < -0.4 is 0 Å². The van der Waals surface area contributed by atoms with E-state index in [4.69, 9.17) is 0 Å². The zero-order valence-corrected chi connectivity index (χ0v) is 14.9. The third-order valence-corrected chi connectivity index (χ3v) is 6.13. The molecule has 2 aromatic carbocycles. The summed E-state index contributed by atoms with van der Waals surface area (Å²) in [6.07, 6.45) is 1.96. The molecule has 1 heterocycles. The molecule has 0 bridgehead atoms. The minimum absolute atomic E-state index is 0.174. The number of phenols is 1. The van der Waals surface area contributed by atoms with Crippen molar-refractivity contribution in [2.75, 3.05) is 13.1 Å². The average Bonchev–Trinajstić information content (AvgIpc) is 3.13. The van der Waals surface area contributed by atoms with Crippen LogP contribution in [0.2, 0.25) is 0 Å². The van der Waals surface area contributed by atoms with Crippen LogP contribution in [0.4, 0.5) is 0 Å². The SMILES string of the molecule is Oc1ccc([C@H](O)CN2CC3CC(O)CC3C2Cc2ccccc2)cc1. The molecule has 1 saturated heterocycles. The molecule has 0 spiro atoms. The summed E-state index contributed by atoms with van der Waals surface area (Å²) < 4.78 is 0. The van der Waals surface area contributed by atoms with E-state index in [0.29, 0.717) is 24.4 Å². The molecule has 0 aromatic heterocycles. The first kappa shape index (κ1) is 17.5. The first-order valence-electron chi connectivity index (χ1n) is 9.53. The molecule has 4 nitrogen and oxygen atoms in total. The number of phenolic OH excluding ortho intramolecular Hbond substituents is 1. The maximum atomic E-state index is 10.7. The van der Waals surface area contributed by atoms with Gasteiger partial charge in [0.2, 0.25) is 0 Å². The molecule has 2 aromatic rings. The van der Waals surface area contributed by atoms with E-state index in [1.807, 2.05) is 6.07 Å². The van der Waals surface area contributed by atoms with Gasteiger partial charge >= 0.3 is 0 Å². The molecule has 5 atom stereocenters. The lowest BCUT2D eigenvalue weighted by molar-refractivity contribution is 0.0879. The first-order chi connectivity index (χ1) is 12.6. The Morgan fingerprint density at radius 1 is 1.00 bits per heavy atom. The fourth-order valence-corrected chi connectivity index (χ4v) is 4.89. The highest BCUT2D eigenvalue weighted by Gasteiger charge is 2.47. The van der Waals surface area contributed by atoms with Gasteiger partial charge in [-0.2, -0.15) is 0 Å². The Hall–Kier alpha value is -1.88. The zero-order chi connectivity index (χ0) is 18.1. The molecule has 2 aliphatic rings. The summed E-state index contributed by atoms with van der Waals surface area (Å²) in [5.41, 5.74) is 2.14. The second-order valence-corrected chi connectivity index (χ2v) is 7.87. The maximum Gasteiger partial charge on any atom is 0.115 e. The lowest BCUT2D eigenvalue weighted by Crippen LogP contribution is -2.38. The highest BCUT2D eigenvalue weighted by atomic mass is 16.3. The van der Waals surface area contributed by atoms with Crippen molar-refractivity contribution in [3.8, 4) is 5.75 Å². The van der Waals surface area contributed by atoms with Gasteiger partial charge in [-0.15, -0.1) is 0 Å². The normalized spacial score (nSPS) is 29.6. The van der Waals surface area contributed by atoms with Gasteiger partial charge in [0.15, 0.2) is 0 Å². The molecule has 138 valence electrons. The van der Waals surface area contributed by atoms with Crippen LogP contribution in [0.15, 0.2) is 54.6 Å². The van der Waals surface area contributed by atoms with Gasteiger partial charge in [0, 0.05) is 19.1 Å². The number of aromatic hydroxyl groups is 1. The molecule has 26 heavy (non-hydrogen) atoms. The Morgan fingerprint density at radius 3 is 2.46 bits per heavy atom. The number of benzene rings is 2. The Kier molecular flexibility index (Phi) is 4.98. The van der Waals surface area contributed by atoms with Gasteiger partial charge in [-0.25, -0.2) is 0 Å². The zero-order valence-electron chi connectivity index (χ0n) is 14.9. The number of β-amino-alcohol motifs (C(OH)–C–C–N with tert-alkyl or cyclic N) is 1. The molecule has 1 aliphatic carbocycles. The summed E-state index contributed by atoms with van der Waals surface area (Å²) in [5.74, 6) is 1.23. The lowest BCUT2D eigenvalue weighted by Gasteiger charge is -2.30. The molecule has 0 radical (unpaired) electrons. The van der Waals surface area contributed by atoms with E-state index < -0.39 is 6.10 Å². The van der Waals surface area contributed by atoms with E-state index >= 15 is 0 Å². The molecular formula is C22H27NO3. The third kappa shape index (κ3) is 3.63. The summed E-state index contributed by atoms with van der Waals surface area (Å²) in [6.45, 7) is 1.53. The Balaban J connectivity index is 1.50. The predicted molar refractivity (Wildman–Crippen MR) is 101 cm³/mol. The van der Waals surface area contributed by atoms with Gasteiger partial charge in [-0.1, -0.05) is 42.5 Å². The number of nitrogens with zero attached hydrogens (tertiary/aromatic N) is 1. The van der Waals surface area contributed by atoms with Gasteiger partial charge < -0.3 is 15.3 Å². The molecule has 1 saturated carbocycles. The minimum Gasteiger partial charge on any atom is -0.508 e. The van der Waals surface area contributed by atoms with Crippen molar-refractivity contribution in [2.45, 2.75) is 37.5 Å². The number of aliphatic hydroxyl groups excluding tert-OH is 2. The van der Waals surface area contributed by atoms with E-state index in [2.05, 4.69) is 29.2 Å². The molecule has 4 unspecified atom stereocenters. The van der Waals surface area contributed by atoms with Crippen LogP contribution >= 0.6 is 0 Å². The molecular weight excluding hydrogens is 326 g/mol. The van der Waals surface area contributed by atoms with E-state index in [0.717, 1.165) is 31.4 Å². The standard InChI is InChI=1S/C22H27NO3/c24-18-8-6-16(7-9-18)22(26)14-23-13-17-11-19(25)12-20(17)21(23)10-15-4-2-1-3-5-15/h1-9,17,19-22,24-26H,10-14H2/t17?,19?,20?,21?,22-/m1/s1. The molecule has 0 amide bonds. The number of hydrogen-bond donors (Lipinski definition) is 3. The number of hydrogen-bond acceptors (Lipinski definition) is 4. The van der Waals surface area contributed by atoms with Gasteiger partial charge in [-0.3, -0.25) is 4.90 Å². The van der Waals surface area contributed by atoms with Gasteiger partial charge in [-0.05, 0) is 54.4 Å². The monoisotopic (exact) mass is 353 g/mol. The van der Waals surface area contributed by atoms with Crippen molar-refractivity contribution in [3.63, 3.8) is 0 Å². The van der Waals surface area contributed by atoms with E-state index in [1.54, 1.807) is 24.3 Å². The third-order valence-electron chi connectivity index (χ3n) is 6.13. The average molecular weight is 353 g/mol. The summed E-state index contributed by atoms with van der Waals surface area (Å²) in [5, 5.41) is 30.2. The van der Waals surface area contributed by atoms with E-state index in [9.17, 15) is 15.3 Å². The highest BCUT2D eigenvalue weighted by Crippen LogP contribution is 2.44. The van der Waals surface area contributed by atoms with Gasteiger partial charge in [0.05, 0.1) is 12.2 Å². The Labute approximate surface area is 154 Å². The number of likely N-dealkylation sites (tertiary alicyclic amines) is 1. The molecule has 3 N–H and O–H groups in total. The molecule has 4 rings (SSSR count). The number of rotatable bonds is 5. The van der Waals surface area contributed by atoms with Crippen molar-refractivity contribution in [1.82, 2.24) is 4.90 Å². The first-order valence-corrected chi connectivity index (χ1v) is 9.53. The van der Waals surface area contributed by atoms with E-state index in [1.165, 1.54) is 5.56 Å². The maximum absolute atomic E-state index is 10.7. The highest BCUT2D eigenvalue weighted by molar-refractivity contribution is 5.27. The van der Waals surface area contributed by atoms with Crippen LogP contribution in [-0.4, -0.2) is 45.5 Å². The largest absolute Gasteiger partial charge is 0.508 e.